The predicted molar refractivity (Wildman–Crippen MR) is 262 cm³/mol. The molecule has 0 radical (unpaired) electrons. The number of hydrogen-bond acceptors (Lipinski definition) is 15. The Balaban J connectivity index is 1.33. The molecular weight excluding hydrogens is 909 g/mol. The number of aliphatic hydroxyl groups excluding tert-OH is 4. The number of esters is 1. The van der Waals surface area contributed by atoms with Crippen LogP contribution in [-0.2, 0) is 30.2 Å². The third-order valence-electron chi connectivity index (χ3n) is 16.8. The van der Waals surface area contributed by atoms with Gasteiger partial charge in [0.1, 0.15) is 47.3 Å². The lowest BCUT2D eigenvalue weighted by molar-refractivity contribution is -0.278. The monoisotopic (exact) mass is 976 g/mol. The third kappa shape index (κ3) is 7.11. The SMILES string of the molecule is COC(=O)/C(C)=C\CC12OC(C)(C)C3CC(C1=O)C1C4=C(c5ccccc5C4=O)N(CCN)C4c5c(O[C@H]6O[C@@H](CO)[C@H](O)[C@@H](O)[C@@H]6O)c6c(c(CC=C(C)C)c5OC32C14)OC(C)(CCC=C(C)C)C=C6. The molecular formula is C56H68N2O13. The maximum absolute atomic E-state index is 16.1. The molecule has 3 saturated carbocycles. The number of nitrogens with two attached hydrogens (primary N) is 1. The number of rotatable bonds is 13. The number of carbonyl (C=O) groups is 3. The van der Waals surface area contributed by atoms with Gasteiger partial charge in [0.2, 0.25) is 6.29 Å². The molecule has 0 aromatic heterocycles. The standard InChI is InChI=1S/C56H68N2O13/c1-27(2)13-12-20-54(8)21-19-33-47(69-54)32(17-16-28(3)4)49-39(48(33)68-52-46(63)45(62)44(61)35(26-59)67-52)42-40-37(38-41(58(42)24-23-57)30-14-10-11-15-31(30)43(38)60)34-25-36-53(6,7)71-55(50(34)64,56(36,40)70-49)22-18-29(5)51(65)66-9/h10-11,13-16,18-19,21,34-37,40,42,44-46,52,59,61-63H,12,17,20,22-26,57H2,1-9H3/b29-18-/t34?,35-,36?,37?,40?,42?,44-,45+,46-,52+,54?,55?,56?/m0/s1. The Morgan fingerprint density at radius 2 is 1.66 bits per heavy atom. The highest BCUT2D eigenvalue weighted by molar-refractivity contribution is 6.21. The molecule has 4 bridgehead atoms. The highest BCUT2D eigenvalue weighted by Crippen LogP contribution is 2.77. The van der Waals surface area contributed by atoms with E-state index >= 15 is 9.59 Å². The van der Waals surface area contributed by atoms with Crippen molar-refractivity contribution in [2.24, 2.45) is 29.4 Å². The maximum atomic E-state index is 16.1. The normalized spacial score (nSPS) is 35.4. The first-order valence-electron chi connectivity index (χ1n) is 25.1. The first-order chi connectivity index (χ1) is 33.7. The van der Waals surface area contributed by atoms with Gasteiger partial charge in [-0.2, -0.15) is 0 Å². The fourth-order valence-corrected chi connectivity index (χ4v) is 13.7. The van der Waals surface area contributed by atoms with Crippen molar-refractivity contribution in [3.63, 3.8) is 0 Å². The minimum Gasteiger partial charge on any atom is -0.482 e. The van der Waals surface area contributed by atoms with Crippen LogP contribution in [0.2, 0.25) is 0 Å². The van der Waals surface area contributed by atoms with E-state index in [4.69, 9.17) is 34.2 Å². The third-order valence-corrected chi connectivity index (χ3v) is 16.8. The van der Waals surface area contributed by atoms with Crippen LogP contribution in [0.4, 0.5) is 0 Å². The lowest BCUT2D eigenvalue weighted by atomic mass is 9.41. The largest absolute Gasteiger partial charge is 0.482 e. The molecule has 9 aliphatic rings. The van der Waals surface area contributed by atoms with Crippen LogP contribution in [0, 0.1) is 23.7 Å². The lowest BCUT2D eigenvalue weighted by Gasteiger charge is -2.68. The number of ether oxygens (including phenoxy) is 6. The van der Waals surface area contributed by atoms with Crippen LogP contribution < -0.4 is 19.9 Å². The van der Waals surface area contributed by atoms with Gasteiger partial charge in [-0.3, -0.25) is 9.59 Å². The number of allylic oxidation sites excluding steroid dienone is 5. The van der Waals surface area contributed by atoms with Crippen molar-refractivity contribution < 1.29 is 63.2 Å². The minimum absolute atomic E-state index is 0.0322. The van der Waals surface area contributed by atoms with Crippen molar-refractivity contribution in [2.45, 2.75) is 147 Å². The number of nitrogens with zero attached hydrogens (tertiary/aromatic N) is 1. The molecule has 4 aliphatic carbocycles. The fourth-order valence-electron chi connectivity index (χ4n) is 13.7. The van der Waals surface area contributed by atoms with Crippen molar-refractivity contribution in [1.29, 1.82) is 0 Å². The smallest absolute Gasteiger partial charge is 0.333 e. The molecule has 2 aromatic carbocycles. The number of methoxy groups -OCH3 is 1. The number of aliphatic hydroxyl groups is 4. The lowest BCUT2D eigenvalue weighted by Crippen LogP contribution is -2.80. The first kappa shape index (κ1) is 49.4. The van der Waals surface area contributed by atoms with Crippen LogP contribution in [0.5, 0.6) is 17.2 Å². The van der Waals surface area contributed by atoms with E-state index in [1.54, 1.807) is 13.0 Å². The molecule has 0 amide bonds. The van der Waals surface area contributed by atoms with Crippen molar-refractivity contribution >= 4 is 29.3 Å². The van der Waals surface area contributed by atoms with Crippen molar-refractivity contribution in [2.75, 3.05) is 26.8 Å². The summed E-state index contributed by atoms with van der Waals surface area (Å²) in [6.45, 7) is 15.5. The Kier molecular flexibility index (Phi) is 12.2. The van der Waals surface area contributed by atoms with Crippen LogP contribution in [-0.4, -0.2) is 123 Å². The van der Waals surface area contributed by atoms with Crippen LogP contribution in [0.3, 0.4) is 0 Å². The summed E-state index contributed by atoms with van der Waals surface area (Å²) in [5.74, 6) is -2.43. The van der Waals surface area contributed by atoms with Crippen LogP contribution >= 0.6 is 0 Å². The number of fused-ring (bicyclic) bond motifs is 5. The van der Waals surface area contributed by atoms with Gasteiger partial charge in [0.15, 0.2) is 22.8 Å². The highest BCUT2D eigenvalue weighted by atomic mass is 16.7. The van der Waals surface area contributed by atoms with Gasteiger partial charge in [-0.05, 0) is 93.2 Å². The quantitative estimate of drug-likeness (QED) is 0.0905. The Labute approximate surface area is 414 Å². The topological polar surface area (TPSA) is 217 Å². The summed E-state index contributed by atoms with van der Waals surface area (Å²) in [4.78, 5) is 46.6. The van der Waals surface area contributed by atoms with Gasteiger partial charge in [0.25, 0.3) is 0 Å². The van der Waals surface area contributed by atoms with E-state index in [9.17, 15) is 25.2 Å². The Hall–Kier alpha value is -5.13. The van der Waals surface area contributed by atoms with Crippen molar-refractivity contribution in [1.82, 2.24) is 4.90 Å². The molecule has 11 rings (SSSR count). The van der Waals surface area contributed by atoms with Gasteiger partial charge in [-0.25, -0.2) is 4.79 Å². The van der Waals surface area contributed by atoms with Gasteiger partial charge < -0.3 is 59.5 Å². The van der Waals surface area contributed by atoms with Crippen molar-refractivity contribution in [3.05, 3.63) is 98.7 Å². The molecule has 5 aliphatic heterocycles. The summed E-state index contributed by atoms with van der Waals surface area (Å²) < 4.78 is 41.0. The summed E-state index contributed by atoms with van der Waals surface area (Å²) in [5.41, 5.74) is 8.33. The molecule has 5 heterocycles. The number of ketones is 2. The second-order valence-electron chi connectivity index (χ2n) is 22.0. The van der Waals surface area contributed by atoms with E-state index in [-0.39, 0.29) is 36.8 Å². The Morgan fingerprint density at radius 3 is 2.34 bits per heavy atom. The van der Waals surface area contributed by atoms with Crippen LogP contribution in [0.25, 0.3) is 11.8 Å². The molecule has 1 spiro atoms. The number of carbonyl (C=O) groups excluding carboxylic acids is 3. The van der Waals surface area contributed by atoms with E-state index in [0.717, 1.165) is 17.6 Å². The van der Waals surface area contributed by atoms with E-state index in [1.165, 1.54) is 12.7 Å². The maximum Gasteiger partial charge on any atom is 0.333 e. The molecule has 8 unspecified atom stereocenters. The van der Waals surface area contributed by atoms with Gasteiger partial charge in [-0.1, -0.05) is 53.6 Å². The molecule has 6 N–H and O–H groups in total. The second-order valence-corrected chi connectivity index (χ2v) is 22.0. The molecule has 2 saturated heterocycles. The zero-order valence-corrected chi connectivity index (χ0v) is 42.1. The molecule has 15 nitrogen and oxygen atoms in total. The van der Waals surface area contributed by atoms with E-state index < -0.39 is 95.4 Å². The molecule has 380 valence electrons. The Morgan fingerprint density at radius 1 is 0.944 bits per heavy atom. The summed E-state index contributed by atoms with van der Waals surface area (Å²) in [6, 6.07) is 6.72. The zero-order chi connectivity index (χ0) is 50.9. The molecule has 15 heteroatoms. The molecule has 13 atom stereocenters. The van der Waals surface area contributed by atoms with Gasteiger partial charge in [0.05, 0.1) is 42.2 Å². The molecule has 71 heavy (non-hydrogen) atoms. The number of Topliss-reactive ketones (excluding diaryl/α,β-unsaturated/α-hetero) is 2. The van der Waals surface area contributed by atoms with E-state index in [1.807, 2.05) is 71.0 Å². The number of hydrogen-bond donors (Lipinski definition) is 5. The van der Waals surface area contributed by atoms with E-state index in [0.29, 0.717) is 69.9 Å². The summed E-state index contributed by atoms with van der Waals surface area (Å²) in [7, 11) is 1.31. The molecule has 5 fully saturated rings. The first-order valence-corrected chi connectivity index (χ1v) is 25.1. The number of benzene rings is 2. The summed E-state index contributed by atoms with van der Waals surface area (Å²) in [5, 5.41) is 44.3. The van der Waals surface area contributed by atoms with Crippen molar-refractivity contribution in [3.8, 4) is 17.2 Å². The van der Waals surface area contributed by atoms with Gasteiger partial charge in [0, 0.05) is 71.0 Å². The van der Waals surface area contributed by atoms with Crippen LogP contribution in [0.15, 0.2) is 70.9 Å². The van der Waals surface area contributed by atoms with E-state index in [2.05, 4.69) is 30.9 Å². The zero-order valence-electron chi connectivity index (χ0n) is 42.1. The van der Waals surface area contributed by atoms with Gasteiger partial charge in [-0.15, -0.1) is 0 Å². The average Bonchev–Trinajstić information content (AvgIpc) is 3.70. The molecule has 2 aromatic rings. The average molecular weight is 977 g/mol. The fraction of sp³-hybridized carbons (Fsp3) is 0.554. The Bertz CT molecular complexity index is 2740. The van der Waals surface area contributed by atoms with Crippen LogP contribution in [0.1, 0.15) is 120 Å². The summed E-state index contributed by atoms with van der Waals surface area (Å²) in [6.07, 6.45) is 3.79. The van der Waals surface area contributed by atoms with Gasteiger partial charge >= 0.3 is 5.97 Å². The second kappa shape index (κ2) is 17.5. The summed E-state index contributed by atoms with van der Waals surface area (Å²) >= 11 is 0. The highest BCUT2D eigenvalue weighted by Gasteiger charge is 2.86. The minimum atomic E-state index is -1.78. The predicted octanol–water partition coefficient (Wildman–Crippen LogP) is 5.85.